The van der Waals surface area contributed by atoms with Gasteiger partial charge in [-0.15, -0.1) is 0 Å². The Morgan fingerprint density at radius 2 is 1.82 bits per heavy atom. The maximum absolute atomic E-state index is 5.95. The van der Waals surface area contributed by atoms with Gasteiger partial charge in [0.1, 0.15) is 0 Å². The molecule has 1 fully saturated rings. The highest BCUT2D eigenvalue weighted by atomic mass is 15.1. The van der Waals surface area contributed by atoms with Crippen molar-refractivity contribution in [2.45, 2.75) is 38.1 Å². The van der Waals surface area contributed by atoms with E-state index in [0.29, 0.717) is 12.0 Å². The van der Waals surface area contributed by atoms with Crippen LogP contribution in [0.5, 0.6) is 0 Å². The molecule has 2 unspecified atom stereocenters. The number of nitrogens with two attached hydrogens (primary N) is 1. The fourth-order valence-electron chi connectivity index (χ4n) is 3.00. The first-order valence-corrected chi connectivity index (χ1v) is 6.81. The first-order valence-electron chi connectivity index (χ1n) is 6.81. The Bertz CT molecular complexity index is 323. The summed E-state index contributed by atoms with van der Waals surface area (Å²) in [6.07, 6.45) is 6.64. The molecule has 2 atom stereocenters. The third-order valence-electron chi connectivity index (χ3n) is 4.08. The summed E-state index contributed by atoms with van der Waals surface area (Å²) >= 11 is 0. The summed E-state index contributed by atoms with van der Waals surface area (Å²) in [5.74, 6) is 0.655. The van der Waals surface area contributed by atoms with Crippen LogP contribution in [-0.2, 0) is 0 Å². The van der Waals surface area contributed by atoms with Gasteiger partial charge in [0.25, 0.3) is 0 Å². The van der Waals surface area contributed by atoms with Gasteiger partial charge in [0.2, 0.25) is 0 Å². The lowest BCUT2D eigenvalue weighted by Crippen LogP contribution is -2.40. The fourth-order valence-corrected chi connectivity index (χ4v) is 3.00. The van der Waals surface area contributed by atoms with Crippen LogP contribution in [0.3, 0.4) is 0 Å². The van der Waals surface area contributed by atoms with Gasteiger partial charge in [0, 0.05) is 18.8 Å². The van der Waals surface area contributed by atoms with Crippen LogP contribution in [0.15, 0.2) is 30.3 Å². The Balaban J connectivity index is 2.12. The molecule has 0 aromatic heterocycles. The number of benzene rings is 1. The van der Waals surface area contributed by atoms with E-state index in [1.165, 1.54) is 37.8 Å². The molecule has 0 bridgehead atoms. The number of nitrogens with zero attached hydrogens (tertiary/aromatic N) is 1. The highest BCUT2D eigenvalue weighted by molar-refractivity contribution is 5.46. The van der Waals surface area contributed by atoms with Crippen molar-refractivity contribution in [2.75, 3.05) is 18.5 Å². The van der Waals surface area contributed by atoms with Crippen molar-refractivity contribution in [3.8, 4) is 0 Å². The Morgan fingerprint density at radius 1 is 1.12 bits per heavy atom. The summed E-state index contributed by atoms with van der Waals surface area (Å²) in [5, 5.41) is 0. The number of para-hydroxylation sites is 1. The molecule has 2 N–H and O–H groups in total. The number of rotatable bonds is 3. The quantitative estimate of drug-likeness (QED) is 0.812. The Morgan fingerprint density at radius 3 is 2.53 bits per heavy atom. The first kappa shape index (κ1) is 12.4. The number of hydrogen-bond donors (Lipinski definition) is 1. The zero-order chi connectivity index (χ0) is 12.1. The molecule has 1 aliphatic carbocycles. The van der Waals surface area contributed by atoms with Crippen LogP contribution in [0.25, 0.3) is 0 Å². The zero-order valence-corrected chi connectivity index (χ0v) is 10.8. The molecule has 2 nitrogen and oxygen atoms in total. The van der Waals surface area contributed by atoms with Crippen LogP contribution in [0.4, 0.5) is 5.69 Å². The van der Waals surface area contributed by atoms with E-state index in [0.717, 1.165) is 6.54 Å². The summed E-state index contributed by atoms with van der Waals surface area (Å²) in [6, 6.07) is 11.3. The van der Waals surface area contributed by atoms with Gasteiger partial charge in [0.15, 0.2) is 0 Å². The predicted octanol–water partition coefficient (Wildman–Crippen LogP) is 3.03. The van der Waals surface area contributed by atoms with E-state index in [2.05, 4.69) is 42.3 Å². The average molecular weight is 232 g/mol. The molecule has 2 rings (SSSR count). The molecule has 1 saturated carbocycles. The summed E-state index contributed by atoms with van der Waals surface area (Å²) in [4.78, 5) is 2.43. The lowest BCUT2D eigenvalue weighted by molar-refractivity contribution is 0.394. The van der Waals surface area contributed by atoms with Gasteiger partial charge in [-0.25, -0.2) is 0 Å². The molecule has 17 heavy (non-hydrogen) atoms. The number of hydrogen-bond acceptors (Lipinski definition) is 2. The van der Waals surface area contributed by atoms with E-state index >= 15 is 0 Å². The SMILES string of the molecule is CN(c1ccccc1)C1CCCCCC1CN. The van der Waals surface area contributed by atoms with E-state index in [-0.39, 0.29) is 0 Å². The van der Waals surface area contributed by atoms with Crippen LogP contribution >= 0.6 is 0 Å². The van der Waals surface area contributed by atoms with Crippen molar-refractivity contribution < 1.29 is 0 Å². The minimum Gasteiger partial charge on any atom is -0.371 e. The van der Waals surface area contributed by atoms with E-state index in [4.69, 9.17) is 5.73 Å². The average Bonchev–Trinajstić information content (AvgIpc) is 2.64. The van der Waals surface area contributed by atoms with Gasteiger partial charge in [-0.3, -0.25) is 0 Å². The molecule has 0 saturated heterocycles. The molecule has 1 aromatic rings. The zero-order valence-electron chi connectivity index (χ0n) is 10.8. The molecule has 0 heterocycles. The summed E-state index contributed by atoms with van der Waals surface area (Å²) in [7, 11) is 2.22. The maximum atomic E-state index is 5.95. The molecular weight excluding hydrogens is 208 g/mol. The molecule has 0 aliphatic heterocycles. The molecular formula is C15H24N2. The minimum absolute atomic E-state index is 0.616. The molecule has 1 aromatic carbocycles. The van der Waals surface area contributed by atoms with Crippen molar-refractivity contribution in [1.29, 1.82) is 0 Å². The van der Waals surface area contributed by atoms with Crippen LogP contribution in [0.1, 0.15) is 32.1 Å². The first-order chi connectivity index (χ1) is 8.33. The third-order valence-corrected chi connectivity index (χ3v) is 4.08. The Kier molecular flexibility index (Phi) is 4.43. The maximum Gasteiger partial charge on any atom is 0.0366 e. The molecule has 0 radical (unpaired) electrons. The van der Waals surface area contributed by atoms with Crippen molar-refractivity contribution >= 4 is 5.69 Å². The topological polar surface area (TPSA) is 29.3 Å². The van der Waals surface area contributed by atoms with E-state index in [1.54, 1.807) is 0 Å². The van der Waals surface area contributed by atoms with Gasteiger partial charge in [-0.1, -0.05) is 37.5 Å². The molecule has 1 aliphatic rings. The van der Waals surface area contributed by atoms with Crippen LogP contribution in [0.2, 0.25) is 0 Å². The monoisotopic (exact) mass is 232 g/mol. The van der Waals surface area contributed by atoms with Gasteiger partial charge in [-0.2, -0.15) is 0 Å². The highest BCUT2D eigenvalue weighted by Crippen LogP contribution is 2.29. The molecule has 2 heteroatoms. The second-order valence-corrected chi connectivity index (χ2v) is 5.15. The van der Waals surface area contributed by atoms with Crippen LogP contribution in [-0.4, -0.2) is 19.6 Å². The Labute approximate surface area is 105 Å². The minimum atomic E-state index is 0.616. The van der Waals surface area contributed by atoms with Crippen LogP contribution in [0, 0.1) is 5.92 Å². The van der Waals surface area contributed by atoms with E-state index < -0.39 is 0 Å². The van der Waals surface area contributed by atoms with Crippen molar-refractivity contribution in [2.24, 2.45) is 11.7 Å². The van der Waals surface area contributed by atoms with Crippen molar-refractivity contribution in [3.63, 3.8) is 0 Å². The molecule has 94 valence electrons. The second kappa shape index (κ2) is 6.06. The second-order valence-electron chi connectivity index (χ2n) is 5.15. The summed E-state index contributed by atoms with van der Waals surface area (Å²) < 4.78 is 0. The predicted molar refractivity (Wildman–Crippen MR) is 74.3 cm³/mol. The normalized spacial score (nSPS) is 25.3. The van der Waals surface area contributed by atoms with Gasteiger partial charge in [0.05, 0.1) is 0 Å². The van der Waals surface area contributed by atoms with E-state index in [1.807, 2.05) is 0 Å². The fraction of sp³-hybridized carbons (Fsp3) is 0.600. The number of anilines is 1. The summed E-state index contributed by atoms with van der Waals surface area (Å²) in [6.45, 7) is 0.821. The van der Waals surface area contributed by atoms with Gasteiger partial charge < -0.3 is 10.6 Å². The lowest BCUT2D eigenvalue weighted by atomic mass is 9.93. The van der Waals surface area contributed by atoms with Crippen molar-refractivity contribution in [3.05, 3.63) is 30.3 Å². The Hall–Kier alpha value is -1.02. The molecule has 0 amide bonds. The largest absolute Gasteiger partial charge is 0.371 e. The van der Waals surface area contributed by atoms with Gasteiger partial charge >= 0.3 is 0 Å². The standard InChI is InChI=1S/C15H24N2/c1-17(14-9-5-3-6-10-14)15-11-7-2-4-8-13(15)12-16/h3,5-6,9-10,13,15H,2,4,7-8,11-12,16H2,1H3. The van der Waals surface area contributed by atoms with E-state index in [9.17, 15) is 0 Å². The van der Waals surface area contributed by atoms with Gasteiger partial charge in [-0.05, 0) is 37.4 Å². The van der Waals surface area contributed by atoms with Crippen LogP contribution < -0.4 is 10.6 Å². The smallest absolute Gasteiger partial charge is 0.0366 e. The summed E-state index contributed by atoms with van der Waals surface area (Å²) in [5.41, 5.74) is 7.27. The third kappa shape index (κ3) is 3.01. The molecule has 0 spiro atoms. The lowest BCUT2D eigenvalue weighted by Gasteiger charge is -2.34. The van der Waals surface area contributed by atoms with Crippen molar-refractivity contribution in [1.82, 2.24) is 0 Å². The highest BCUT2D eigenvalue weighted by Gasteiger charge is 2.25.